The van der Waals surface area contributed by atoms with E-state index in [9.17, 15) is 0 Å². The second kappa shape index (κ2) is 5.16. The molecule has 0 aliphatic carbocycles. The minimum absolute atomic E-state index is 0.656. The molecule has 2 aromatic rings. The number of hydrogen-bond donors (Lipinski definition) is 1. The van der Waals surface area contributed by atoms with Crippen molar-refractivity contribution in [3.8, 4) is 6.07 Å². The average Bonchev–Trinajstić information content (AvgIpc) is 3.03. The zero-order valence-corrected chi connectivity index (χ0v) is 11.5. The molecule has 3 rings (SSSR count). The Morgan fingerprint density at radius 2 is 2.05 bits per heavy atom. The molecule has 0 atom stereocenters. The molecule has 0 bridgehead atoms. The number of fused-ring (bicyclic) bond motifs is 1. The lowest BCUT2D eigenvalue weighted by atomic mass is 10.2. The van der Waals surface area contributed by atoms with Crippen LogP contribution in [-0.4, -0.2) is 34.1 Å². The molecule has 98 valence electrons. The highest BCUT2D eigenvalue weighted by Crippen LogP contribution is 2.18. The van der Waals surface area contributed by atoms with Gasteiger partial charge in [0, 0.05) is 13.1 Å². The van der Waals surface area contributed by atoms with E-state index < -0.39 is 0 Å². The Balaban J connectivity index is 1.92. The van der Waals surface area contributed by atoms with E-state index in [1.807, 2.05) is 18.2 Å². The number of benzene rings is 1. The van der Waals surface area contributed by atoms with Crippen molar-refractivity contribution >= 4 is 23.3 Å². The Kier molecular flexibility index (Phi) is 3.36. The van der Waals surface area contributed by atoms with Gasteiger partial charge in [-0.3, -0.25) is 0 Å². The van der Waals surface area contributed by atoms with E-state index in [-0.39, 0.29) is 0 Å². The first-order valence-corrected chi connectivity index (χ1v) is 7.04. The molecule has 1 aromatic heterocycles. The second-order valence-corrected chi connectivity index (χ2v) is 5.33. The zero-order chi connectivity index (χ0) is 13.2. The number of imidazole rings is 1. The molecule has 1 fully saturated rings. The number of aromatic amines is 1. The van der Waals surface area contributed by atoms with Crippen LogP contribution < -0.4 is 0 Å². The molecule has 0 saturated carbocycles. The minimum Gasteiger partial charge on any atom is -0.329 e. The minimum atomic E-state index is 0.656. The van der Waals surface area contributed by atoms with Gasteiger partial charge in [-0.2, -0.15) is 5.26 Å². The van der Waals surface area contributed by atoms with Crippen molar-refractivity contribution in [2.75, 3.05) is 19.6 Å². The Labute approximate surface area is 117 Å². The van der Waals surface area contributed by atoms with E-state index in [0.29, 0.717) is 10.3 Å². The van der Waals surface area contributed by atoms with Gasteiger partial charge in [0.05, 0.1) is 16.6 Å². The predicted molar refractivity (Wildman–Crippen MR) is 77.5 cm³/mol. The maximum atomic E-state index is 9.12. The van der Waals surface area contributed by atoms with Gasteiger partial charge in [0.2, 0.25) is 0 Å². The first-order chi connectivity index (χ1) is 9.29. The number of nitrogens with one attached hydrogen (secondary N) is 1. The lowest BCUT2D eigenvalue weighted by Crippen LogP contribution is -2.24. The number of para-hydroxylation sites is 1. The third-order valence-corrected chi connectivity index (χ3v) is 4.09. The molecule has 1 saturated heterocycles. The highest BCUT2D eigenvalue weighted by Gasteiger charge is 2.13. The summed E-state index contributed by atoms with van der Waals surface area (Å²) in [6.07, 6.45) is 2.61. The third-order valence-electron chi connectivity index (χ3n) is 3.77. The van der Waals surface area contributed by atoms with Gasteiger partial charge in [-0.05, 0) is 50.3 Å². The summed E-state index contributed by atoms with van der Waals surface area (Å²) in [5, 5.41) is 9.12. The van der Waals surface area contributed by atoms with Crippen LogP contribution in [0.15, 0.2) is 18.2 Å². The number of likely N-dealkylation sites (tertiary alicyclic amines) is 1. The van der Waals surface area contributed by atoms with Gasteiger partial charge < -0.3 is 14.5 Å². The van der Waals surface area contributed by atoms with Crippen molar-refractivity contribution in [3.63, 3.8) is 0 Å². The van der Waals surface area contributed by atoms with E-state index >= 15 is 0 Å². The average molecular weight is 272 g/mol. The van der Waals surface area contributed by atoms with Crippen LogP contribution in [0.1, 0.15) is 18.4 Å². The van der Waals surface area contributed by atoms with Crippen molar-refractivity contribution < 1.29 is 0 Å². The van der Waals surface area contributed by atoms with Gasteiger partial charge in [0.25, 0.3) is 0 Å². The fourth-order valence-corrected chi connectivity index (χ4v) is 3.03. The molecule has 1 aliphatic rings. The van der Waals surface area contributed by atoms with E-state index in [2.05, 4.69) is 20.5 Å². The van der Waals surface area contributed by atoms with Crippen molar-refractivity contribution in [1.82, 2.24) is 14.5 Å². The normalized spacial score (nSPS) is 15.9. The molecule has 2 heterocycles. The number of aromatic nitrogens is 2. The fraction of sp³-hybridized carbons (Fsp3) is 0.429. The molecule has 1 aromatic carbocycles. The SMILES string of the molecule is N#Cc1cccc2c1[nH]c(=S)n2CCN1CCCC1. The van der Waals surface area contributed by atoms with Gasteiger partial charge >= 0.3 is 0 Å². The third kappa shape index (κ3) is 2.29. The Morgan fingerprint density at radius 1 is 1.26 bits per heavy atom. The van der Waals surface area contributed by atoms with Gasteiger partial charge in [0.15, 0.2) is 4.77 Å². The van der Waals surface area contributed by atoms with Crippen LogP contribution in [0.25, 0.3) is 11.0 Å². The van der Waals surface area contributed by atoms with Gasteiger partial charge in [-0.15, -0.1) is 0 Å². The smallest absolute Gasteiger partial charge is 0.178 e. The summed E-state index contributed by atoms with van der Waals surface area (Å²) in [6, 6.07) is 7.96. The van der Waals surface area contributed by atoms with Gasteiger partial charge in [-0.25, -0.2) is 0 Å². The summed E-state index contributed by atoms with van der Waals surface area (Å²) in [5.74, 6) is 0. The van der Waals surface area contributed by atoms with Crippen molar-refractivity contribution in [3.05, 3.63) is 28.5 Å². The number of H-pyrrole nitrogens is 1. The predicted octanol–water partition coefficient (Wildman–Crippen LogP) is 2.67. The maximum absolute atomic E-state index is 9.12. The molecule has 0 amide bonds. The summed E-state index contributed by atoms with van der Waals surface area (Å²) < 4.78 is 2.81. The fourth-order valence-electron chi connectivity index (χ4n) is 2.74. The largest absolute Gasteiger partial charge is 0.329 e. The highest BCUT2D eigenvalue weighted by molar-refractivity contribution is 7.71. The van der Waals surface area contributed by atoms with Crippen molar-refractivity contribution in [2.24, 2.45) is 0 Å². The number of hydrogen-bond acceptors (Lipinski definition) is 3. The standard InChI is InChI=1S/C14H16N4S/c15-10-11-4-3-5-12-13(11)16-14(19)18(12)9-8-17-6-1-2-7-17/h3-5H,1-2,6-9H2,(H,16,19). The lowest BCUT2D eigenvalue weighted by Gasteiger charge is -2.15. The second-order valence-electron chi connectivity index (χ2n) is 4.94. The molecule has 1 aliphatic heterocycles. The van der Waals surface area contributed by atoms with Crippen LogP contribution in [0.5, 0.6) is 0 Å². The summed E-state index contributed by atoms with van der Waals surface area (Å²) in [5.41, 5.74) is 2.54. The molecular formula is C14H16N4S. The quantitative estimate of drug-likeness (QED) is 0.874. The van der Waals surface area contributed by atoms with Gasteiger partial charge in [-0.1, -0.05) is 6.07 Å². The molecule has 0 radical (unpaired) electrons. The lowest BCUT2D eigenvalue weighted by molar-refractivity contribution is 0.323. The number of rotatable bonds is 3. The first-order valence-electron chi connectivity index (χ1n) is 6.63. The van der Waals surface area contributed by atoms with Crippen LogP contribution in [0.4, 0.5) is 0 Å². The van der Waals surface area contributed by atoms with E-state index in [0.717, 1.165) is 24.1 Å². The molecule has 0 spiro atoms. The Morgan fingerprint density at radius 3 is 2.79 bits per heavy atom. The Hall–Kier alpha value is -1.64. The molecule has 1 N–H and O–H groups in total. The molecular weight excluding hydrogens is 256 g/mol. The van der Waals surface area contributed by atoms with E-state index in [1.54, 1.807) is 0 Å². The van der Waals surface area contributed by atoms with Crippen LogP contribution >= 0.6 is 12.2 Å². The molecule has 19 heavy (non-hydrogen) atoms. The zero-order valence-electron chi connectivity index (χ0n) is 10.7. The molecule has 4 nitrogen and oxygen atoms in total. The topological polar surface area (TPSA) is 47.8 Å². The first kappa shape index (κ1) is 12.4. The van der Waals surface area contributed by atoms with E-state index in [4.69, 9.17) is 17.5 Å². The molecule has 5 heteroatoms. The van der Waals surface area contributed by atoms with E-state index in [1.165, 1.54) is 25.9 Å². The number of nitrogens with zero attached hydrogens (tertiary/aromatic N) is 3. The summed E-state index contributed by atoms with van der Waals surface area (Å²) >= 11 is 5.38. The van der Waals surface area contributed by atoms with Crippen LogP contribution in [0.2, 0.25) is 0 Å². The van der Waals surface area contributed by atoms with Crippen molar-refractivity contribution in [2.45, 2.75) is 19.4 Å². The van der Waals surface area contributed by atoms with Crippen LogP contribution in [0, 0.1) is 16.1 Å². The maximum Gasteiger partial charge on any atom is 0.178 e. The van der Waals surface area contributed by atoms with Crippen LogP contribution in [0.3, 0.4) is 0 Å². The summed E-state index contributed by atoms with van der Waals surface area (Å²) in [6.45, 7) is 4.30. The molecule has 0 unspecified atom stereocenters. The summed E-state index contributed by atoms with van der Waals surface area (Å²) in [4.78, 5) is 5.63. The van der Waals surface area contributed by atoms with Gasteiger partial charge in [0.1, 0.15) is 6.07 Å². The van der Waals surface area contributed by atoms with Crippen LogP contribution in [-0.2, 0) is 6.54 Å². The monoisotopic (exact) mass is 272 g/mol. The summed E-state index contributed by atoms with van der Waals surface area (Å²) in [7, 11) is 0. The highest BCUT2D eigenvalue weighted by atomic mass is 32.1. The Bertz CT molecular complexity index is 686. The van der Waals surface area contributed by atoms with Crippen molar-refractivity contribution in [1.29, 1.82) is 5.26 Å². The number of nitriles is 1.